The highest BCUT2D eigenvalue weighted by Crippen LogP contribution is 2.30. The molecular weight excluding hydrogens is 338 g/mol. The molecule has 0 amide bonds. The fourth-order valence-corrected chi connectivity index (χ4v) is 2.19. The maximum absolute atomic E-state index is 10.9. The molecule has 1 N–H and O–H groups in total. The molecule has 0 spiro atoms. The zero-order chi connectivity index (χ0) is 15.2. The van der Waals surface area contributed by atoms with Crippen LogP contribution in [0.25, 0.3) is 0 Å². The van der Waals surface area contributed by atoms with Crippen molar-refractivity contribution in [2.24, 2.45) is 0 Å². The van der Waals surface area contributed by atoms with E-state index in [1.807, 2.05) is 19.1 Å². The second kappa shape index (κ2) is 7.14. The summed E-state index contributed by atoms with van der Waals surface area (Å²) >= 11 is 3.24. The van der Waals surface area contributed by atoms with Gasteiger partial charge in [-0.1, -0.05) is 28.9 Å². The van der Waals surface area contributed by atoms with Crippen molar-refractivity contribution in [3.8, 4) is 11.6 Å². The summed E-state index contributed by atoms with van der Waals surface area (Å²) in [7, 11) is 0. The van der Waals surface area contributed by atoms with E-state index in [0.29, 0.717) is 22.6 Å². The van der Waals surface area contributed by atoms with E-state index in [1.54, 1.807) is 12.3 Å². The van der Waals surface area contributed by atoms with Crippen molar-refractivity contribution in [2.45, 2.75) is 13.5 Å². The number of nitro groups is 1. The van der Waals surface area contributed by atoms with Gasteiger partial charge < -0.3 is 10.1 Å². The maximum Gasteiger partial charge on any atom is 0.274 e. The third kappa shape index (κ3) is 4.24. The molecule has 0 aliphatic heterocycles. The number of hydrogen-bond donors (Lipinski definition) is 1. The van der Waals surface area contributed by atoms with Crippen LogP contribution in [0.1, 0.15) is 12.5 Å². The van der Waals surface area contributed by atoms with Gasteiger partial charge in [-0.05, 0) is 18.7 Å². The number of non-ortho nitro benzene ring substituents is 1. The van der Waals surface area contributed by atoms with Crippen LogP contribution in [-0.2, 0) is 6.54 Å². The van der Waals surface area contributed by atoms with Crippen LogP contribution in [0.5, 0.6) is 11.6 Å². The molecule has 1 aromatic heterocycles. The molecule has 1 aromatic carbocycles. The fourth-order valence-electron chi connectivity index (χ4n) is 1.73. The SMILES string of the molecule is CCNCc1cccnc1Oc1cc(Br)cc([N+](=O)[O-])c1. The summed E-state index contributed by atoms with van der Waals surface area (Å²) in [5, 5.41) is 14.1. The molecule has 0 aliphatic carbocycles. The van der Waals surface area contributed by atoms with Gasteiger partial charge in [0.1, 0.15) is 5.75 Å². The van der Waals surface area contributed by atoms with Crippen LogP contribution in [0.2, 0.25) is 0 Å². The summed E-state index contributed by atoms with van der Waals surface area (Å²) in [6.45, 7) is 3.46. The number of benzene rings is 1. The van der Waals surface area contributed by atoms with Gasteiger partial charge in [0.25, 0.3) is 5.69 Å². The van der Waals surface area contributed by atoms with Gasteiger partial charge in [0, 0.05) is 28.8 Å². The van der Waals surface area contributed by atoms with Crippen LogP contribution in [-0.4, -0.2) is 16.5 Å². The standard InChI is InChI=1S/C14H14BrN3O3/c1-2-16-9-10-4-3-5-17-14(10)21-13-7-11(15)6-12(8-13)18(19)20/h3-8,16H,2,9H2,1H3. The Kier molecular flexibility index (Phi) is 5.24. The predicted octanol–water partition coefficient (Wildman–Crippen LogP) is 3.65. The zero-order valence-electron chi connectivity index (χ0n) is 11.4. The lowest BCUT2D eigenvalue weighted by molar-refractivity contribution is -0.385. The highest BCUT2D eigenvalue weighted by Gasteiger charge is 2.12. The minimum Gasteiger partial charge on any atom is -0.438 e. The van der Waals surface area contributed by atoms with Crippen molar-refractivity contribution in [1.29, 1.82) is 0 Å². The van der Waals surface area contributed by atoms with E-state index in [1.165, 1.54) is 12.1 Å². The van der Waals surface area contributed by atoms with E-state index in [9.17, 15) is 10.1 Å². The van der Waals surface area contributed by atoms with Crippen LogP contribution in [0.3, 0.4) is 0 Å². The number of rotatable bonds is 6. The lowest BCUT2D eigenvalue weighted by atomic mass is 10.2. The van der Waals surface area contributed by atoms with Crippen LogP contribution in [0, 0.1) is 10.1 Å². The Morgan fingerprint density at radius 1 is 1.43 bits per heavy atom. The summed E-state index contributed by atoms with van der Waals surface area (Å²) in [6.07, 6.45) is 1.62. The van der Waals surface area contributed by atoms with Gasteiger partial charge in [0.15, 0.2) is 0 Å². The Hall–Kier alpha value is -1.99. The lowest BCUT2D eigenvalue weighted by Gasteiger charge is -2.10. The van der Waals surface area contributed by atoms with Crippen molar-refractivity contribution < 1.29 is 9.66 Å². The van der Waals surface area contributed by atoms with E-state index >= 15 is 0 Å². The highest BCUT2D eigenvalue weighted by molar-refractivity contribution is 9.10. The molecule has 110 valence electrons. The number of hydrogen-bond acceptors (Lipinski definition) is 5. The molecule has 0 bridgehead atoms. The first-order valence-electron chi connectivity index (χ1n) is 6.37. The number of nitrogens with zero attached hydrogens (tertiary/aromatic N) is 2. The third-order valence-corrected chi connectivity index (χ3v) is 3.15. The number of ether oxygens (including phenoxy) is 1. The van der Waals surface area contributed by atoms with Gasteiger partial charge in [-0.25, -0.2) is 4.98 Å². The Morgan fingerprint density at radius 2 is 2.24 bits per heavy atom. The minimum absolute atomic E-state index is 0.0384. The van der Waals surface area contributed by atoms with Crippen molar-refractivity contribution >= 4 is 21.6 Å². The lowest BCUT2D eigenvalue weighted by Crippen LogP contribution is -2.12. The number of pyridine rings is 1. The number of halogens is 1. The molecule has 2 rings (SSSR count). The molecule has 0 saturated heterocycles. The van der Waals surface area contributed by atoms with Crippen molar-refractivity contribution in [1.82, 2.24) is 10.3 Å². The van der Waals surface area contributed by atoms with Gasteiger partial charge in [-0.2, -0.15) is 0 Å². The van der Waals surface area contributed by atoms with Gasteiger partial charge in [0.05, 0.1) is 11.0 Å². The van der Waals surface area contributed by atoms with Crippen molar-refractivity contribution in [2.75, 3.05) is 6.54 Å². The fraction of sp³-hybridized carbons (Fsp3) is 0.214. The molecule has 0 atom stereocenters. The minimum atomic E-state index is -0.463. The first-order chi connectivity index (χ1) is 10.1. The first-order valence-corrected chi connectivity index (χ1v) is 7.17. The molecule has 2 aromatic rings. The van der Waals surface area contributed by atoms with E-state index < -0.39 is 4.92 Å². The average Bonchev–Trinajstić information content (AvgIpc) is 2.45. The normalized spacial score (nSPS) is 10.4. The molecule has 0 unspecified atom stereocenters. The van der Waals surface area contributed by atoms with E-state index in [4.69, 9.17) is 4.74 Å². The van der Waals surface area contributed by atoms with Gasteiger partial charge in [-0.15, -0.1) is 0 Å². The Balaban J connectivity index is 2.27. The quantitative estimate of drug-likeness (QED) is 0.634. The van der Waals surface area contributed by atoms with Gasteiger partial charge >= 0.3 is 0 Å². The maximum atomic E-state index is 10.9. The summed E-state index contributed by atoms with van der Waals surface area (Å²) in [5.74, 6) is 0.804. The number of nitrogens with one attached hydrogen (secondary N) is 1. The van der Waals surface area contributed by atoms with E-state index in [0.717, 1.165) is 12.1 Å². The van der Waals surface area contributed by atoms with Crippen molar-refractivity contribution in [3.63, 3.8) is 0 Å². The number of nitro benzene ring substituents is 1. The third-order valence-electron chi connectivity index (χ3n) is 2.70. The first kappa shape index (κ1) is 15.4. The van der Waals surface area contributed by atoms with Gasteiger partial charge in [0.2, 0.25) is 5.88 Å². The molecule has 6 nitrogen and oxygen atoms in total. The topological polar surface area (TPSA) is 77.3 Å². The second-order valence-electron chi connectivity index (χ2n) is 4.25. The number of aromatic nitrogens is 1. The van der Waals surface area contributed by atoms with Crippen LogP contribution in [0.15, 0.2) is 41.0 Å². The zero-order valence-corrected chi connectivity index (χ0v) is 13.0. The monoisotopic (exact) mass is 351 g/mol. The smallest absolute Gasteiger partial charge is 0.274 e. The molecule has 7 heteroatoms. The van der Waals surface area contributed by atoms with Crippen LogP contribution < -0.4 is 10.1 Å². The molecular formula is C14H14BrN3O3. The van der Waals surface area contributed by atoms with Gasteiger partial charge in [-0.3, -0.25) is 10.1 Å². The Bertz CT molecular complexity index is 649. The predicted molar refractivity (Wildman–Crippen MR) is 82.5 cm³/mol. The molecule has 21 heavy (non-hydrogen) atoms. The summed E-state index contributed by atoms with van der Waals surface area (Å²) < 4.78 is 6.27. The van der Waals surface area contributed by atoms with Crippen LogP contribution in [0.4, 0.5) is 5.69 Å². The second-order valence-corrected chi connectivity index (χ2v) is 5.17. The van der Waals surface area contributed by atoms with Crippen LogP contribution >= 0.6 is 15.9 Å². The summed E-state index contributed by atoms with van der Waals surface area (Å²) in [6, 6.07) is 8.18. The largest absolute Gasteiger partial charge is 0.438 e. The Morgan fingerprint density at radius 3 is 2.95 bits per heavy atom. The average molecular weight is 352 g/mol. The van der Waals surface area contributed by atoms with E-state index in [2.05, 4.69) is 26.2 Å². The summed E-state index contributed by atoms with van der Waals surface area (Å²) in [4.78, 5) is 14.6. The Labute approximate surface area is 130 Å². The molecule has 1 heterocycles. The molecule has 0 aliphatic rings. The van der Waals surface area contributed by atoms with E-state index in [-0.39, 0.29) is 5.69 Å². The molecule has 0 saturated carbocycles. The highest BCUT2D eigenvalue weighted by atomic mass is 79.9. The molecule has 0 fully saturated rings. The molecule has 0 radical (unpaired) electrons. The summed E-state index contributed by atoms with van der Waals surface area (Å²) in [5.41, 5.74) is 0.852. The van der Waals surface area contributed by atoms with Crippen molar-refractivity contribution in [3.05, 3.63) is 56.7 Å².